The lowest BCUT2D eigenvalue weighted by Gasteiger charge is -2.13. The highest BCUT2D eigenvalue weighted by Gasteiger charge is 2.18. The van der Waals surface area contributed by atoms with Gasteiger partial charge >= 0.3 is 0 Å². The smallest absolute Gasteiger partial charge is 0.259 e. The molecule has 1 amide bonds. The maximum Gasteiger partial charge on any atom is 0.259 e. The summed E-state index contributed by atoms with van der Waals surface area (Å²) >= 11 is 4.95. The second-order valence-corrected chi connectivity index (χ2v) is 7.99. The highest BCUT2D eigenvalue weighted by atomic mass is 79.9. The number of anilines is 1. The van der Waals surface area contributed by atoms with Crippen LogP contribution in [0.5, 0.6) is 5.75 Å². The van der Waals surface area contributed by atoms with E-state index in [4.69, 9.17) is 4.74 Å². The Kier molecular flexibility index (Phi) is 5.11. The number of fused-ring (bicyclic) bond motifs is 1. The SMILES string of the molecule is COc1ccccc1-c1cc(C)ncc1C(=O)Nc1nc2cccc(Br)c2s1. The van der Waals surface area contributed by atoms with E-state index in [1.807, 2.05) is 55.5 Å². The molecule has 0 aliphatic heterocycles. The molecule has 2 aromatic heterocycles. The molecule has 0 atom stereocenters. The van der Waals surface area contributed by atoms with Crippen LogP contribution in [0, 0.1) is 6.92 Å². The molecule has 0 spiro atoms. The molecule has 7 heteroatoms. The highest BCUT2D eigenvalue weighted by molar-refractivity contribution is 9.10. The van der Waals surface area contributed by atoms with Gasteiger partial charge in [-0.3, -0.25) is 15.1 Å². The van der Waals surface area contributed by atoms with Gasteiger partial charge in [0, 0.05) is 27.5 Å². The van der Waals surface area contributed by atoms with Crippen molar-refractivity contribution in [2.24, 2.45) is 0 Å². The van der Waals surface area contributed by atoms with Crippen LogP contribution >= 0.6 is 27.3 Å². The zero-order valence-corrected chi connectivity index (χ0v) is 17.6. The number of nitrogens with one attached hydrogen (secondary N) is 1. The first-order valence-electron chi connectivity index (χ1n) is 8.53. The number of para-hydroxylation sites is 1. The largest absolute Gasteiger partial charge is 0.496 e. The van der Waals surface area contributed by atoms with Crippen LogP contribution in [0.4, 0.5) is 5.13 Å². The second kappa shape index (κ2) is 7.69. The Morgan fingerprint density at radius 3 is 2.75 bits per heavy atom. The van der Waals surface area contributed by atoms with Crippen molar-refractivity contribution in [3.63, 3.8) is 0 Å². The van der Waals surface area contributed by atoms with Crippen molar-refractivity contribution in [3.05, 3.63) is 70.5 Å². The summed E-state index contributed by atoms with van der Waals surface area (Å²) in [6.07, 6.45) is 1.59. The van der Waals surface area contributed by atoms with E-state index in [1.54, 1.807) is 13.3 Å². The minimum absolute atomic E-state index is 0.261. The van der Waals surface area contributed by atoms with Crippen molar-refractivity contribution < 1.29 is 9.53 Å². The third-order valence-electron chi connectivity index (χ3n) is 4.27. The van der Waals surface area contributed by atoms with Gasteiger partial charge in [-0.05, 0) is 47.1 Å². The van der Waals surface area contributed by atoms with Gasteiger partial charge in [-0.15, -0.1) is 0 Å². The lowest BCUT2D eigenvalue weighted by atomic mass is 9.99. The van der Waals surface area contributed by atoms with Gasteiger partial charge < -0.3 is 4.74 Å². The van der Waals surface area contributed by atoms with Crippen LogP contribution in [0.15, 0.2) is 59.2 Å². The van der Waals surface area contributed by atoms with Crippen molar-refractivity contribution in [2.75, 3.05) is 12.4 Å². The fourth-order valence-electron chi connectivity index (χ4n) is 2.96. The Labute approximate surface area is 174 Å². The number of nitrogens with zero attached hydrogens (tertiary/aromatic N) is 2. The number of hydrogen-bond donors (Lipinski definition) is 1. The van der Waals surface area contributed by atoms with E-state index in [9.17, 15) is 4.79 Å². The van der Waals surface area contributed by atoms with Crippen LogP contribution in [0.3, 0.4) is 0 Å². The van der Waals surface area contributed by atoms with Crippen LogP contribution in [0.25, 0.3) is 21.3 Å². The van der Waals surface area contributed by atoms with E-state index in [1.165, 1.54) is 11.3 Å². The average molecular weight is 454 g/mol. The zero-order valence-electron chi connectivity index (χ0n) is 15.2. The summed E-state index contributed by atoms with van der Waals surface area (Å²) in [7, 11) is 1.62. The Morgan fingerprint density at radius 2 is 1.96 bits per heavy atom. The molecule has 1 N–H and O–H groups in total. The maximum atomic E-state index is 13.0. The van der Waals surface area contributed by atoms with Crippen LogP contribution < -0.4 is 10.1 Å². The number of aromatic nitrogens is 2. The van der Waals surface area contributed by atoms with Crippen molar-refractivity contribution in [1.82, 2.24) is 9.97 Å². The Hall–Kier alpha value is -2.77. The molecule has 0 bridgehead atoms. The number of rotatable bonds is 4. The first kappa shape index (κ1) is 18.6. The number of hydrogen-bond acceptors (Lipinski definition) is 5. The van der Waals surface area contributed by atoms with E-state index in [0.29, 0.717) is 16.4 Å². The fraction of sp³-hybridized carbons (Fsp3) is 0.0952. The number of amides is 1. The minimum Gasteiger partial charge on any atom is -0.496 e. The molecule has 28 heavy (non-hydrogen) atoms. The molecular formula is C21H16BrN3O2S. The number of ether oxygens (including phenoxy) is 1. The molecule has 0 radical (unpaired) electrons. The predicted octanol–water partition coefficient (Wildman–Crippen LogP) is 5.69. The molecule has 0 saturated heterocycles. The maximum absolute atomic E-state index is 13.0. The molecule has 2 heterocycles. The van der Waals surface area contributed by atoms with Gasteiger partial charge in [0.2, 0.25) is 0 Å². The summed E-state index contributed by atoms with van der Waals surface area (Å²) < 4.78 is 7.42. The van der Waals surface area contributed by atoms with Crippen molar-refractivity contribution in [2.45, 2.75) is 6.92 Å². The molecule has 0 unspecified atom stereocenters. The van der Waals surface area contributed by atoms with Gasteiger partial charge in [0.05, 0.1) is 22.9 Å². The third-order valence-corrected chi connectivity index (χ3v) is 6.21. The van der Waals surface area contributed by atoms with Gasteiger partial charge in [0.1, 0.15) is 5.75 Å². The number of carbonyl (C=O) groups excluding carboxylic acids is 1. The van der Waals surface area contributed by atoms with Gasteiger partial charge in [-0.25, -0.2) is 4.98 Å². The minimum atomic E-state index is -0.261. The Morgan fingerprint density at radius 1 is 1.14 bits per heavy atom. The van der Waals surface area contributed by atoms with Crippen LogP contribution in [0.2, 0.25) is 0 Å². The number of benzene rings is 2. The van der Waals surface area contributed by atoms with Crippen molar-refractivity contribution in [3.8, 4) is 16.9 Å². The monoisotopic (exact) mass is 453 g/mol. The molecule has 4 rings (SSSR count). The molecular weight excluding hydrogens is 438 g/mol. The normalized spacial score (nSPS) is 10.8. The third kappa shape index (κ3) is 3.50. The van der Waals surface area contributed by atoms with Gasteiger partial charge in [0.15, 0.2) is 5.13 Å². The van der Waals surface area contributed by atoms with Gasteiger partial charge in [-0.1, -0.05) is 35.6 Å². The molecule has 2 aromatic carbocycles. The van der Waals surface area contributed by atoms with Crippen molar-refractivity contribution >= 4 is 48.5 Å². The Bertz CT molecular complexity index is 1190. The summed E-state index contributed by atoms with van der Waals surface area (Å²) in [5, 5.41) is 3.45. The van der Waals surface area contributed by atoms with Crippen LogP contribution in [-0.4, -0.2) is 23.0 Å². The second-order valence-electron chi connectivity index (χ2n) is 6.13. The standard InChI is InChI=1S/C21H16BrN3O2S/c1-12-10-14(13-6-3-4-9-18(13)27-2)15(11-23-12)20(26)25-21-24-17-8-5-7-16(22)19(17)28-21/h3-11H,1-2H3,(H,24,25,26). The highest BCUT2D eigenvalue weighted by Crippen LogP contribution is 2.34. The van der Waals surface area contributed by atoms with E-state index in [2.05, 4.69) is 31.2 Å². The van der Waals surface area contributed by atoms with E-state index in [-0.39, 0.29) is 5.91 Å². The summed E-state index contributed by atoms with van der Waals surface area (Å²) in [6.45, 7) is 1.89. The quantitative estimate of drug-likeness (QED) is 0.430. The number of aryl methyl sites for hydroxylation is 1. The van der Waals surface area contributed by atoms with E-state index in [0.717, 1.165) is 31.5 Å². The number of halogens is 1. The molecule has 140 valence electrons. The first-order chi connectivity index (χ1) is 13.6. The topological polar surface area (TPSA) is 64.1 Å². The molecule has 5 nitrogen and oxygen atoms in total. The lowest BCUT2D eigenvalue weighted by molar-refractivity contribution is 0.102. The van der Waals surface area contributed by atoms with E-state index < -0.39 is 0 Å². The van der Waals surface area contributed by atoms with Crippen LogP contribution in [-0.2, 0) is 0 Å². The number of carbonyl (C=O) groups is 1. The van der Waals surface area contributed by atoms with E-state index >= 15 is 0 Å². The lowest BCUT2D eigenvalue weighted by Crippen LogP contribution is -2.14. The summed E-state index contributed by atoms with van der Waals surface area (Å²) in [6, 6.07) is 15.3. The molecule has 0 aliphatic rings. The predicted molar refractivity (Wildman–Crippen MR) is 116 cm³/mol. The van der Waals surface area contributed by atoms with Crippen molar-refractivity contribution in [1.29, 1.82) is 0 Å². The molecule has 0 fully saturated rings. The fourth-order valence-corrected chi connectivity index (χ4v) is 4.43. The van der Waals surface area contributed by atoms with Gasteiger partial charge in [-0.2, -0.15) is 0 Å². The van der Waals surface area contributed by atoms with Gasteiger partial charge in [0.25, 0.3) is 5.91 Å². The van der Waals surface area contributed by atoms with Crippen LogP contribution in [0.1, 0.15) is 16.1 Å². The Balaban J connectivity index is 1.74. The average Bonchev–Trinajstić information content (AvgIpc) is 3.11. The molecule has 0 aliphatic carbocycles. The summed E-state index contributed by atoms with van der Waals surface area (Å²) in [5.41, 5.74) is 3.73. The molecule has 4 aromatic rings. The number of thiazole rings is 1. The number of methoxy groups -OCH3 is 1. The number of pyridine rings is 1. The summed E-state index contributed by atoms with van der Waals surface area (Å²) in [5.74, 6) is 0.439. The molecule has 0 saturated carbocycles. The zero-order chi connectivity index (χ0) is 19.7. The summed E-state index contributed by atoms with van der Waals surface area (Å²) in [4.78, 5) is 21.9. The first-order valence-corrected chi connectivity index (χ1v) is 10.1.